The molecule has 0 fully saturated rings. The molecule has 0 bridgehead atoms. The Bertz CT molecular complexity index is 587. The number of nitrogens with two attached hydrogens (primary N) is 1. The van der Waals surface area contributed by atoms with E-state index in [0.29, 0.717) is 18.0 Å². The standard InChI is InChI=1S/C14H20N4O3.C2H6/c1-16-7-8-4-9(13(21-3)5-10(8)15)12-6-11(14(19)20)17-18(12)2;1-2/h4-6,11,16-17H,7,15H2,1-3H3,(H,19,20);1-2H3. The number of hydrogen-bond acceptors (Lipinski definition) is 6. The van der Waals surface area contributed by atoms with Gasteiger partial charge in [0.15, 0.2) is 0 Å². The van der Waals surface area contributed by atoms with Crippen molar-refractivity contribution in [1.82, 2.24) is 15.8 Å². The first-order valence-corrected chi connectivity index (χ1v) is 7.53. The lowest BCUT2D eigenvalue weighted by Crippen LogP contribution is -2.38. The molecule has 128 valence electrons. The number of nitrogens with one attached hydrogen (secondary N) is 2. The van der Waals surface area contributed by atoms with Gasteiger partial charge in [-0.3, -0.25) is 4.79 Å². The van der Waals surface area contributed by atoms with Gasteiger partial charge >= 0.3 is 5.97 Å². The van der Waals surface area contributed by atoms with Crippen LogP contribution in [0.15, 0.2) is 18.2 Å². The largest absolute Gasteiger partial charge is 0.496 e. The summed E-state index contributed by atoms with van der Waals surface area (Å²) in [5.41, 5.74) is 12.0. The van der Waals surface area contributed by atoms with E-state index in [2.05, 4.69) is 10.7 Å². The molecule has 0 saturated heterocycles. The number of rotatable bonds is 5. The number of anilines is 1. The lowest BCUT2D eigenvalue weighted by atomic mass is 10.0. The van der Waals surface area contributed by atoms with Crippen LogP contribution in [0.25, 0.3) is 5.70 Å². The summed E-state index contributed by atoms with van der Waals surface area (Å²) in [4.78, 5) is 11.1. The summed E-state index contributed by atoms with van der Waals surface area (Å²) in [5.74, 6) is -0.319. The highest BCUT2D eigenvalue weighted by Gasteiger charge is 2.28. The van der Waals surface area contributed by atoms with Crippen molar-refractivity contribution in [3.8, 4) is 5.75 Å². The average Bonchev–Trinajstić information content (AvgIpc) is 2.93. The van der Waals surface area contributed by atoms with Crippen LogP contribution in [0.4, 0.5) is 5.69 Å². The zero-order valence-corrected chi connectivity index (χ0v) is 14.3. The molecule has 1 heterocycles. The van der Waals surface area contributed by atoms with Gasteiger partial charge in [-0.25, -0.2) is 5.43 Å². The molecule has 7 heteroatoms. The van der Waals surface area contributed by atoms with Gasteiger partial charge in [0.1, 0.15) is 11.8 Å². The number of ether oxygens (including phenoxy) is 1. The minimum absolute atomic E-state index is 0.610. The fourth-order valence-corrected chi connectivity index (χ4v) is 2.34. The quantitative estimate of drug-likeness (QED) is 0.606. The van der Waals surface area contributed by atoms with Gasteiger partial charge in [-0.1, -0.05) is 13.8 Å². The van der Waals surface area contributed by atoms with E-state index in [-0.39, 0.29) is 0 Å². The van der Waals surface area contributed by atoms with E-state index < -0.39 is 12.0 Å². The van der Waals surface area contributed by atoms with Crippen LogP contribution in [0.3, 0.4) is 0 Å². The second-order valence-electron chi connectivity index (χ2n) is 4.84. The summed E-state index contributed by atoms with van der Waals surface area (Å²) in [6.07, 6.45) is 1.65. The first-order chi connectivity index (χ1) is 11.0. The summed E-state index contributed by atoms with van der Waals surface area (Å²) >= 11 is 0. The zero-order chi connectivity index (χ0) is 17.6. The number of nitrogens with zero attached hydrogens (tertiary/aromatic N) is 1. The first kappa shape index (κ1) is 18.8. The van der Waals surface area contributed by atoms with Crippen molar-refractivity contribution in [1.29, 1.82) is 0 Å². The number of carbonyl (C=O) groups is 1. The number of aliphatic carboxylic acids is 1. The molecule has 0 saturated carbocycles. The van der Waals surface area contributed by atoms with Crippen LogP contribution in [0.1, 0.15) is 25.0 Å². The fourth-order valence-electron chi connectivity index (χ4n) is 2.34. The van der Waals surface area contributed by atoms with Gasteiger partial charge in [0.2, 0.25) is 0 Å². The van der Waals surface area contributed by atoms with Crippen LogP contribution in [0.2, 0.25) is 0 Å². The average molecular weight is 322 g/mol. The monoisotopic (exact) mass is 322 g/mol. The molecule has 0 radical (unpaired) electrons. The van der Waals surface area contributed by atoms with E-state index in [1.54, 1.807) is 31.3 Å². The number of benzene rings is 1. The van der Waals surface area contributed by atoms with Gasteiger partial charge in [-0.15, -0.1) is 0 Å². The third-order valence-electron chi connectivity index (χ3n) is 3.39. The molecule has 1 aromatic carbocycles. The second-order valence-corrected chi connectivity index (χ2v) is 4.84. The number of carboxylic acids is 1. The second kappa shape index (κ2) is 8.40. The van der Waals surface area contributed by atoms with Crippen LogP contribution in [0.5, 0.6) is 5.75 Å². The maximum Gasteiger partial charge on any atom is 0.326 e. The van der Waals surface area contributed by atoms with Gasteiger partial charge in [0.05, 0.1) is 12.8 Å². The smallest absolute Gasteiger partial charge is 0.326 e. The van der Waals surface area contributed by atoms with Gasteiger partial charge in [0.25, 0.3) is 0 Å². The van der Waals surface area contributed by atoms with E-state index in [1.807, 2.05) is 27.0 Å². The van der Waals surface area contributed by atoms with Crippen molar-refractivity contribution in [3.63, 3.8) is 0 Å². The summed E-state index contributed by atoms with van der Waals surface area (Å²) in [6.45, 7) is 4.62. The lowest BCUT2D eigenvalue weighted by molar-refractivity contribution is -0.138. The molecule has 5 N–H and O–H groups in total. The van der Waals surface area contributed by atoms with Crippen molar-refractivity contribution in [2.75, 3.05) is 26.9 Å². The van der Waals surface area contributed by atoms with Gasteiger partial charge in [-0.05, 0) is 24.8 Å². The van der Waals surface area contributed by atoms with Crippen LogP contribution >= 0.6 is 0 Å². The molecule has 1 aliphatic heterocycles. The van der Waals surface area contributed by atoms with Crippen LogP contribution in [-0.2, 0) is 11.3 Å². The molecule has 1 unspecified atom stereocenters. The molecule has 0 aliphatic carbocycles. The first-order valence-electron chi connectivity index (χ1n) is 7.53. The molecular weight excluding hydrogens is 296 g/mol. The Hall–Kier alpha value is -2.25. The molecule has 0 spiro atoms. The van der Waals surface area contributed by atoms with Crippen molar-refractivity contribution < 1.29 is 14.6 Å². The normalized spacial score (nSPS) is 16.5. The Balaban J connectivity index is 0.00000127. The molecule has 1 aromatic rings. The van der Waals surface area contributed by atoms with Gasteiger partial charge in [0, 0.05) is 30.9 Å². The molecule has 23 heavy (non-hydrogen) atoms. The molecule has 1 atom stereocenters. The highest BCUT2D eigenvalue weighted by atomic mass is 16.5. The number of carboxylic acid groups (broad SMARTS) is 1. The molecule has 1 aliphatic rings. The Morgan fingerprint density at radius 2 is 2.13 bits per heavy atom. The van der Waals surface area contributed by atoms with Crippen molar-refractivity contribution in [2.24, 2.45) is 0 Å². The van der Waals surface area contributed by atoms with E-state index >= 15 is 0 Å². The fraction of sp³-hybridized carbons (Fsp3) is 0.438. The van der Waals surface area contributed by atoms with Gasteiger partial charge < -0.3 is 25.9 Å². The zero-order valence-electron chi connectivity index (χ0n) is 14.3. The van der Waals surface area contributed by atoms with E-state index in [0.717, 1.165) is 16.8 Å². The lowest BCUT2D eigenvalue weighted by Gasteiger charge is -2.20. The summed E-state index contributed by atoms with van der Waals surface area (Å²) < 4.78 is 5.37. The number of nitrogen functional groups attached to an aromatic ring is 1. The summed E-state index contributed by atoms with van der Waals surface area (Å²) in [7, 11) is 5.17. The Morgan fingerprint density at radius 1 is 1.48 bits per heavy atom. The molecule has 0 aromatic heterocycles. The van der Waals surface area contributed by atoms with Crippen LogP contribution < -0.4 is 21.2 Å². The highest BCUT2D eigenvalue weighted by molar-refractivity contribution is 5.83. The van der Waals surface area contributed by atoms with Crippen LogP contribution in [-0.4, -0.2) is 43.3 Å². The third kappa shape index (κ3) is 4.14. The Kier molecular flexibility index (Phi) is 6.87. The molecule has 0 amide bonds. The predicted molar refractivity (Wildman–Crippen MR) is 91.8 cm³/mol. The molecule has 2 rings (SSSR count). The molecular formula is C16H26N4O3. The maximum absolute atomic E-state index is 11.1. The topological polar surface area (TPSA) is 99.8 Å². The number of methoxy groups -OCH3 is 1. The van der Waals surface area contributed by atoms with E-state index in [4.69, 9.17) is 15.6 Å². The van der Waals surface area contributed by atoms with E-state index in [9.17, 15) is 4.79 Å². The van der Waals surface area contributed by atoms with Crippen molar-refractivity contribution >= 4 is 17.4 Å². The summed E-state index contributed by atoms with van der Waals surface area (Å²) in [6, 6.07) is 2.92. The molecule has 7 nitrogen and oxygen atoms in total. The summed E-state index contributed by atoms with van der Waals surface area (Å²) in [5, 5.41) is 13.8. The van der Waals surface area contributed by atoms with Gasteiger partial charge in [-0.2, -0.15) is 0 Å². The SMILES string of the molecule is CC.CNCc1cc(C2=CC(C(=O)O)NN2C)c(OC)cc1N. The van der Waals surface area contributed by atoms with Crippen molar-refractivity contribution in [3.05, 3.63) is 29.3 Å². The highest BCUT2D eigenvalue weighted by Crippen LogP contribution is 2.33. The number of hydrogen-bond donors (Lipinski definition) is 4. The maximum atomic E-state index is 11.1. The minimum Gasteiger partial charge on any atom is -0.496 e. The van der Waals surface area contributed by atoms with Crippen LogP contribution in [0, 0.1) is 0 Å². The van der Waals surface area contributed by atoms with Crippen molar-refractivity contribution in [2.45, 2.75) is 26.4 Å². The Labute approximate surface area is 137 Å². The minimum atomic E-state index is -0.929. The Morgan fingerprint density at radius 3 is 2.61 bits per heavy atom. The predicted octanol–water partition coefficient (Wildman–Crippen LogP) is 1.27. The van der Waals surface area contributed by atoms with E-state index in [1.165, 1.54) is 0 Å². The number of hydrazine groups is 1. The third-order valence-corrected chi connectivity index (χ3v) is 3.39.